The molecule has 2 aromatic carbocycles. The SMILES string of the molecule is O=C1N(O)C(=S)OC1(Cc1ccccc1)Cc1ccccc1. The molecule has 4 nitrogen and oxygen atoms in total. The number of hydrogen-bond donors (Lipinski definition) is 1. The highest BCUT2D eigenvalue weighted by molar-refractivity contribution is 7.80. The van der Waals surface area contributed by atoms with E-state index in [1.165, 1.54) is 0 Å². The topological polar surface area (TPSA) is 49.8 Å². The third kappa shape index (κ3) is 2.73. The molecule has 0 aromatic heterocycles. The van der Waals surface area contributed by atoms with E-state index in [0.29, 0.717) is 17.9 Å². The van der Waals surface area contributed by atoms with E-state index in [9.17, 15) is 10.0 Å². The Morgan fingerprint density at radius 2 is 1.41 bits per heavy atom. The van der Waals surface area contributed by atoms with Crippen LogP contribution in [-0.2, 0) is 22.4 Å². The molecule has 1 heterocycles. The van der Waals surface area contributed by atoms with Crippen LogP contribution in [0.25, 0.3) is 0 Å². The van der Waals surface area contributed by atoms with Gasteiger partial charge in [-0.15, -0.1) is 5.06 Å². The Kier molecular flexibility index (Phi) is 3.92. The van der Waals surface area contributed by atoms with Crippen molar-refractivity contribution in [3.63, 3.8) is 0 Å². The smallest absolute Gasteiger partial charge is 0.299 e. The van der Waals surface area contributed by atoms with Gasteiger partial charge < -0.3 is 4.74 Å². The highest BCUT2D eigenvalue weighted by Crippen LogP contribution is 2.31. The summed E-state index contributed by atoms with van der Waals surface area (Å²) in [5.74, 6) is -0.523. The maximum atomic E-state index is 12.5. The molecule has 112 valence electrons. The highest BCUT2D eigenvalue weighted by atomic mass is 32.1. The fraction of sp³-hybridized carbons (Fsp3) is 0.176. The van der Waals surface area contributed by atoms with E-state index in [2.05, 4.69) is 0 Å². The van der Waals surface area contributed by atoms with Gasteiger partial charge in [0.1, 0.15) is 0 Å². The van der Waals surface area contributed by atoms with Crippen molar-refractivity contribution in [2.24, 2.45) is 0 Å². The van der Waals surface area contributed by atoms with Crippen molar-refractivity contribution in [2.45, 2.75) is 18.4 Å². The maximum absolute atomic E-state index is 12.5. The fourth-order valence-corrected chi connectivity index (χ4v) is 2.91. The average molecular weight is 313 g/mol. The van der Waals surface area contributed by atoms with Gasteiger partial charge in [0.2, 0.25) is 5.60 Å². The predicted octanol–water partition coefficient (Wildman–Crippen LogP) is 2.74. The van der Waals surface area contributed by atoms with E-state index >= 15 is 0 Å². The molecular formula is C17H15NO3S. The largest absolute Gasteiger partial charge is 0.452 e. The minimum absolute atomic E-state index is 0.197. The number of benzene rings is 2. The molecule has 5 heteroatoms. The van der Waals surface area contributed by atoms with E-state index < -0.39 is 11.5 Å². The zero-order valence-corrected chi connectivity index (χ0v) is 12.6. The highest BCUT2D eigenvalue weighted by Gasteiger charge is 2.52. The van der Waals surface area contributed by atoms with Gasteiger partial charge in [0.25, 0.3) is 11.1 Å². The summed E-state index contributed by atoms with van der Waals surface area (Å²) in [5.41, 5.74) is 0.698. The number of thiocarbonyl (C=S) groups is 1. The lowest BCUT2D eigenvalue weighted by Crippen LogP contribution is -2.44. The predicted molar refractivity (Wildman–Crippen MR) is 85.3 cm³/mol. The van der Waals surface area contributed by atoms with Crippen LogP contribution in [0.5, 0.6) is 0 Å². The Balaban J connectivity index is 1.96. The van der Waals surface area contributed by atoms with Crippen LogP contribution >= 0.6 is 12.2 Å². The molecule has 0 atom stereocenters. The van der Waals surface area contributed by atoms with Gasteiger partial charge >= 0.3 is 0 Å². The van der Waals surface area contributed by atoms with Gasteiger partial charge in [0.15, 0.2) is 0 Å². The summed E-state index contributed by atoms with van der Waals surface area (Å²) in [6, 6.07) is 19.1. The van der Waals surface area contributed by atoms with Crippen molar-refractivity contribution in [2.75, 3.05) is 0 Å². The number of hydrogen-bond acceptors (Lipinski definition) is 4. The van der Waals surface area contributed by atoms with E-state index in [0.717, 1.165) is 11.1 Å². The number of nitrogens with zero attached hydrogens (tertiary/aromatic N) is 1. The van der Waals surface area contributed by atoms with E-state index in [-0.39, 0.29) is 5.17 Å². The molecule has 0 saturated carbocycles. The molecule has 1 amide bonds. The van der Waals surface area contributed by atoms with Crippen LogP contribution in [0.3, 0.4) is 0 Å². The molecule has 1 fully saturated rings. The average Bonchev–Trinajstić information content (AvgIpc) is 2.73. The summed E-state index contributed by atoms with van der Waals surface area (Å²) in [5, 5.41) is 10.0. The van der Waals surface area contributed by atoms with Gasteiger partial charge in [-0.1, -0.05) is 60.7 Å². The van der Waals surface area contributed by atoms with Gasteiger partial charge in [-0.25, -0.2) is 0 Å². The second-order valence-corrected chi connectivity index (χ2v) is 5.65. The third-order valence-electron chi connectivity index (χ3n) is 3.70. The summed E-state index contributed by atoms with van der Waals surface area (Å²) in [4.78, 5) is 12.5. The van der Waals surface area contributed by atoms with Crippen molar-refractivity contribution in [3.05, 3.63) is 71.8 Å². The minimum atomic E-state index is -1.20. The van der Waals surface area contributed by atoms with Crippen LogP contribution in [0, 0.1) is 0 Å². The summed E-state index contributed by atoms with van der Waals surface area (Å²) >= 11 is 4.93. The second kappa shape index (κ2) is 5.87. The lowest BCUT2D eigenvalue weighted by molar-refractivity contribution is -0.153. The normalized spacial score (nSPS) is 16.7. The zero-order valence-electron chi connectivity index (χ0n) is 11.8. The molecule has 1 saturated heterocycles. The number of rotatable bonds is 4. The van der Waals surface area contributed by atoms with Gasteiger partial charge in [0, 0.05) is 12.8 Å². The fourth-order valence-electron chi connectivity index (χ4n) is 2.67. The van der Waals surface area contributed by atoms with Crippen LogP contribution in [0.4, 0.5) is 0 Å². The van der Waals surface area contributed by atoms with Crippen LogP contribution in [0.2, 0.25) is 0 Å². The van der Waals surface area contributed by atoms with Gasteiger partial charge in [-0.2, -0.15) is 0 Å². The van der Waals surface area contributed by atoms with Gasteiger partial charge in [-0.05, 0) is 23.3 Å². The van der Waals surface area contributed by atoms with Crippen LogP contribution in [0.15, 0.2) is 60.7 Å². The zero-order chi connectivity index (χ0) is 15.6. The molecule has 0 aliphatic carbocycles. The Hall–Kier alpha value is -2.24. The van der Waals surface area contributed by atoms with Crippen LogP contribution in [0.1, 0.15) is 11.1 Å². The minimum Gasteiger partial charge on any atom is -0.452 e. The first-order valence-electron chi connectivity index (χ1n) is 6.95. The Morgan fingerprint density at radius 3 is 1.77 bits per heavy atom. The van der Waals surface area contributed by atoms with Crippen LogP contribution in [-0.4, -0.2) is 27.0 Å². The van der Waals surface area contributed by atoms with E-state index in [4.69, 9.17) is 17.0 Å². The molecular weight excluding hydrogens is 298 g/mol. The van der Waals surface area contributed by atoms with Gasteiger partial charge in [-0.3, -0.25) is 10.0 Å². The quantitative estimate of drug-likeness (QED) is 0.696. The third-order valence-corrected chi connectivity index (χ3v) is 3.96. The molecule has 0 unspecified atom stereocenters. The molecule has 0 spiro atoms. The van der Waals surface area contributed by atoms with E-state index in [1.54, 1.807) is 0 Å². The molecule has 0 bridgehead atoms. The first-order chi connectivity index (χ1) is 10.6. The molecule has 3 rings (SSSR count). The Morgan fingerprint density at radius 1 is 0.955 bits per heavy atom. The first-order valence-corrected chi connectivity index (χ1v) is 7.36. The maximum Gasteiger partial charge on any atom is 0.299 e. The lowest BCUT2D eigenvalue weighted by atomic mass is 9.87. The summed E-state index contributed by atoms with van der Waals surface area (Å²) in [6.07, 6.45) is 0.692. The van der Waals surface area contributed by atoms with Crippen molar-refractivity contribution in [3.8, 4) is 0 Å². The number of amides is 1. The molecule has 22 heavy (non-hydrogen) atoms. The van der Waals surface area contributed by atoms with Crippen LogP contribution < -0.4 is 0 Å². The second-order valence-electron chi connectivity index (χ2n) is 5.30. The molecule has 1 aliphatic rings. The molecule has 1 N–H and O–H groups in total. The number of carbonyl (C=O) groups is 1. The monoisotopic (exact) mass is 313 g/mol. The van der Waals surface area contributed by atoms with Crippen molar-refractivity contribution in [1.29, 1.82) is 0 Å². The van der Waals surface area contributed by atoms with Crippen molar-refractivity contribution in [1.82, 2.24) is 5.06 Å². The summed E-state index contributed by atoms with van der Waals surface area (Å²) < 4.78 is 5.64. The number of ether oxygens (including phenoxy) is 1. The molecule has 2 aromatic rings. The first kappa shape index (κ1) is 14.7. The van der Waals surface area contributed by atoms with Gasteiger partial charge in [0.05, 0.1) is 0 Å². The Bertz CT molecular complexity index is 646. The standard InChI is InChI=1S/C17H15NO3S/c19-15-17(21-16(22)18(15)20,11-13-7-3-1-4-8-13)12-14-9-5-2-6-10-14/h1-10,20H,11-12H2. The summed E-state index contributed by atoms with van der Waals surface area (Å²) in [7, 11) is 0. The Labute approximate surface area is 133 Å². The van der Waals surface area contributed by atoms with E-state index in [1.807, 2.05) is 60.7 Å². The number of hydroxylamine groups is 2. The molecule has 1 aliphatic heterocycles. The number of carbonyl (C=O) groups excluding carboxylic acids is 1. The molecule has 0 radical (unpaired) electrons. The van der Waals surface area contributed by atoms with Crippen molar-refractivity contribution >= 4 is 23.3 Å². The summed E-state index contributed by atoms with van der Waals surface area (Å²) in [6.45, 7) is 0. The lowest BCUT2D eigenvalue weighted by Gasteiger charge is -2.25. The van der Waals surface area contributed by atoms with Crippen molar-refractivity contribution < 1.29 is 14.7 Å².